The molecule has 34 heavy (non-hydrogen) atoms. The molecule has 1 saturated heterocycles. The fraction of sp³-hybridized carbons (Fsp3) is 0.286. The minimum Gasteiger partial charge on any atom is -0.479 e. The normalized spacial score (nSPS) is 18.2. The summed E-state index contributed by atoms with van der Waals surface area (Å²) in [5.41, 5.74) is 6.44. The highest BCUT2D eigenvalue weighted by molar-refractivity contribution is 6.31. The molecular formula is C28H26ClN3O2. The Balaban J connectivity index is 1.22. The van der Waals surface area contributed by atoms with Crippen molar-refractivity contribution in [1.82, 2.24) is 14.9 Å². The van der Waals surface area contributed by atoms with E-state index in [2.05, 4.69) is 41.2 Å². The number of nitrogens with one attached hydrogen (secondary N) is 1. The molecule has 0 radical (unpaired) electrons. The van der Waals surface area contributed by atoms with Gasteiger partial charge in [-0.2, -0.15) is 0 Å². The second-order valence-corrected chi connectivity index (χ2v) is 9.74. The lowest BCUT2D eigenvalue weighted by molar-refractivity contribution is -0.139. The van der Waals surface area contributed by atoms with Crippen LogP contribution in [0.4, 0.5) is 0 Å². The van der Waals surface area contributed by atoms with Crippen molar-refractivity contribution in [3.63, 3.8) is 0 Å². The molecule has 4 aromatic rings. The van der Waals surface area contributed by atoms with Crippen LogP contribution in [0.5, 0.6) is 5.75 Å². The number of amides is 1. The van der Waals surface area contributed by atoms with E-state index >= 15 is 0 Å². The molecule has 6 rings (SSSR count). The molecule has 2 aromatic carbocycles. The van der Waals surface area contributed by atoms with Crippen molar-refractivity contribution in [2.45, 2.75) is 38.2 Å². The van der Waals surface area contributed by atoms with Gasteiger partial charge in [0.25, 0.3) is 5.91 Å². The van der Waals surface area contributed by atoms with E-state index in [9.17, 15) is 4.79 Å². The number of ether oxygens (including phenoxy) is 1. The lowest BCUT2D eigenvalue weighted by Gasteiger charge is -2.34. The number of fused-ring (bicyclic) bond motifs is 2. The fourth-order valence-corrected chi connectivity index (χ4v) is 5.76. The number of benzene rings is 2. The predicted octanol–water partition coefficient (Wildman–Crippen LogP) is 5.90. The number of pyridine rings is 1. The van der Waals surface area contributed by atoms with Gasteiger partial charge in [0, 0.05) is 53.4 Å². The summed E-state index contributed by atoms with van der Waals surface area (Å²) in [5.74, 6) is 1.34. The van der Waals surface area contributed by atoms with E-state index in [-0.39, 0.29) is 5.91 Å². The number of H-pyrrole nitrogens is 1. The van der Waals surface area contributed by atoms with Gasteiger partial charge in [0.2, 0.25) is 0 Å². The molecule has 4 heterocycles. The van der Waals surface area contributed by atoms with Crippen molar-refractivity contribution in [3.05, 3.63) is 82.6 Å². The van der Waals surface area contributed by atoms with Gasteiger partial charge in [-0.25, -0.2) is 4.98 Å². The highest BCUT2D eigenvalue weighted by atomic mass is 35.5. The van der Waals surface area contributed by atoms with Crippen LogP contribution in [0.2, 0.25) is 5.02 Å². The summed E-state index contributed by atoms with van der Waals surface area (Å²) in [6, 6.07) is 16.4. The summed E-state index contributed by atoms with van der Waals surface area (Å²) in [6.07, 6.45) is 5.65. The number of aryl methyl sites for hydroxylation is 1. The van der Waals surface area contributed by atoms with Crippen LogP contribution < -0.4 is 4.74 Å². The fourth-order valence-electron chi connectivity index (χ4n) is 5.52. The van der Waals surface area contributed by atoms with Gasteiger partial charge < -0.3 is 14.6 Å². The molecule has 0 aliphatic carbocycles. The third-order valence-electron chi connectivity index (χ3n) is 7.26. The molecule has 1 N–H and O–H groups in total. The van der Waals surface area contributed by atoms with Gasteiger partial charge >= 0.3 is 0 Å². The van der Waals surface area contributed by atoms with Gasteiger partial charge in [0.1, 0.15) is 11.4 Å². The standard InChI is InChI=1S/C28H26ClN3O2/c1-17-4-2-3-5-21(17)18-8-12-32(13-9-18)28(33)25-15-19-14-20(29)16-24(26(19)34-25)22-6-10-30-27-23(22)7-11-31-27/h2-7,10-11,14,16,18,25H,8-9,12-13,15H2,1H3,(H,30,31). The minimum atomic E-state index is -0.509. The summed E-state index contributed by atoms with van der Waals surface area (Å²) >= 11 is 6.49. The number of nitrogens with zero attached hydrogens (tertiary/aromatic N) is 2. The number of hydrogen-bond acceptors (Lipinski definition) is 3. The van der Waals surface area contributed by atoms with E-state index in [1.165, 1.54) is 11.1 Å². The first-order valence-corrected chi connectivity index (χ1v) is 12.2. The van der Waals surface area contributed by atoms with Crippen LogP contribution in [0.25, 0.3) is 22.2 Å². The monoisotopic (exact) mass is 471 g/mol. The zero-order valence-corrected chi connectivity index (χ0v) is 19.8. The highest BCUT2D eigenvalue weighted by Crippen LogP contribution is 2.43. The number of likely N-dealkylation sites (tertiary alicyclic amines) is 1. The smallest absolute Gasteiger partial charge is 0.263 e. The van der Waals surface area contributed by atoms with Gasteiger partial charge in [-0.05, 0) is 66.6 Å². The molecule has 1 fully saturated rings. The first-order chi connectivity index (χ1) is 16.6. The quantitative estimate of drug-likeness (QED) is 0.404. The van der Waals surface area contributed by atoms with Crippen LogP contribution in [0, 0.1) is 6.92 Å². The Hall–Kier alpha value is -3.31. The van der Waals surface area contributed by atoms with Crippen molar-refractivity contribution >= 4 is 28.5 Å². The average molecular weight is 472 g/mol. The van der Waals surface area contributed by atoms with E-state index in [0.29, 0.717) is 17.4 Å². The molecule has 2 aliphatic rings. The van der Waals surface area contributed by atoms with Crippen molar-refractivity contribution in [2.24, 2.45) is 0 Å². The Morgan fingerprint density at radius 3 is 2.76 bits per heavy atom. The van der Waals surface area contributed by atoms with E-state index in [0.717, 1.165) is 59.4 Å². The van der Waals surface area contributed by atoms with Gasteiger partial charge in [-0.1, -0.05) is 35.9 Å². The maximum absolute atomic E-state index is 13.4. The summed E-state index contributed by atoms with van der Waals surface area (Å²) in [4.78, 5) is 23.0. The maximum Gasteiger partial charge on any atom is 0.263 e. The van der Waals surface area contributed by atoms with Gasteiger partial charge in [-0.15, -0.1) is 0 Å². The Morgan fingerprint density at radius 1 is 1.12 bits per heavy atom. The lowest BCUT2D eigenvalue weighted by atomic mass is 9.87. The lowest BCUT2D eigenvalue weighted by Crippen LogP contribution is -2.45. The van der Waals surface area contributed by atoms with Gasteiger partial charge in [-0.3, -0.25) is 4.79 Å². The number of halogens is 1. The number of rotatable bonds is 3. The van der Waals surface area contributed by atoms with E-state index in [4.69, 9.17) is 16.3 Å². The Bertz CT molecular complexity index is 1390. The summed E-state index contributed by atoms with van der Waals surface area (Å²) in [6.45, 7) is 3.69. The van der Waals surface area contributed by atoms with Crippen molar-refractivity contribution in [2.75, 3.05) is 13.1 Å². The van der Waals surface area contributed by atoms with Crippen LogP contribution in [-0.2, 0) is 11.2 Å². The zero-order chi connectivity index (χ0) is 23.2. The van der Waals surface area contributed by atoms with Crippen molar-refractivity contribution in [3.8, 4) is 16.9 Å². The molecular weight excluding hydrogens is 446 g/mol. The first-order valence-electron chi connectivity index (χ1n) is 11.8. The molecule has 0 bridgehead atoms. The molecule has 1 unspecified atom stereocenters. The number of hydrogen-bond donors (Lipinski definition) is 1. The third-order valence-corrected chi connectivity index (χ3v) is 7.47. The molecule has 6 heteroatoms. The zero-order valence-electron chi connectivity index (χ0n) is 19.1. The van der Waals surface area contributed by atoms with Crippen LogP contribution in [-0.4, -0.2) is 40.0 Å². The topological polar surface area (TPSA) is 58.2 Å². The third kappa shape index (κ3) is 3.64. The number of piperidine rings is 1. The molecule has 0 saturated carbocycles. The number of carbonyl (C=O) groups is 1. The average Bonchev–Trinajstić information content (AvgIpc) is 3.50. The molecule has 1 amide bonds. The van der Waals surface area contributed by atoms with Crippen LogP contribution in [0.1, 0.15) is 35.4 Å². The molecule has 0 spiro atoms. The van der Waals surface area contributed by atoms with Crippen molar-refractivity contribution < 1.29 is 9.53 Å². The second-order valence-electron chi connectivity index (χ2n) is 9.31. The largest absolute Gasteiger partial charge is 0.479 e. The Morgan fingerprint density at radius 2 is 1.94 bits per heavy atom. The van der Waals surface area contributed by atoms with E-state index in [1.807, 2.05) is 35.4 Å². The van der Waals surface area contributed by atoms with Crippen LogP contribution in [0.3, 0.4) is 0 Å². The highest BCUT2D eigenvalue weighted by Gasteiger charge is 2.36. The summed E-state index contributed by atoms with van der Waals surface area (Å²) in [5, 5.41) is 1.65. The molecule has 2 aromatic heterocycles. The molecule has 1 atom stereocenters. The summed E-state index contributed by atoms with van der Waals surface area (Å²) in [7, 11) is 0. The van der Waals surface area contributed by atoms with Gasteiger partial charge in [0.05, 0.1) is 0 Å². The number of aromatic amines is 1. The Kier molecular flexibility index (Phi) is 5.30. The summed E-state index contributed by atoms with van der Waals surface area (Å²) < 4.78 is 6.34. The van der Waals surface area contributed by atoms with Gasteiger partial charge in [0.15, 0.2) is 6.10 Å². The van der Waals surface area contributed by atoms with E-state index < -0.39 is 6.10 Å². The Labute approximate surface area is 203 Å². The first kappa shape index (κ1) is 21.2. The second kappa shape index (κ2) is 8.48. The molecule has 172 valence electrons. The maximum atomic E-state index is 13.4. The number of aromatic nitrogens is 2. The predicted molar refractivity (Wildman–Crippen MR) is 134 cm³/mol. The SMILES string of the molecule is Cc1ccccc1C1CCN(C(=O)C2Cc3cc(Cl)cc(-c4ccnc5[nH]ccc45)c3O2)CC1. The number of carbonyl (C=O) groups excluding carboxylic acids is 1. The molecule has 2 aliphatic heterocycles. The van der Waals surface area contributed by atoms with Crippen molar-refractivity contribution in [1.29, 1.82) is 0 Å². The minimum absolute atomic E-state index is 0.0722. The molecule has 5 nitrogen and oxygen atoms in total. The van der Waals surface area contributed by atoms with E-state index in [1.54, 1.807) is 6.20 Å². The van der Waals surface area contributed by atoms with Crippen LogP contribution >= 0.6 is 11.6 Å². The van der Waals surface area contributed by atoms with Crippen LogP contribution in [0.15, 0.2) is 60.9 Å².